The Labute approximate surface area is 201 Å². The molecule has 2 aromatic heterocycles. The minimum Gasteiger partial charge on any atom is -0.462 e. The van der Waals surface area contributed by atoms with E-state index in [0.29, 0.717) is 46.7 Å². The molecular weight excluding hydrogens is 430 g/mol. The van der Waals surface area contributed by atoms with Crippen molar-refractivity contribution in [2.45, 2.75) is 47.1 Å². The Bertz CT molecular complexity index is 1160. The van der Waals surface area contributed by atoms with Gasteiger partial charge in [-0.2, -0.15) is 4.98 Å². The number of anilines is 2. The summed E-state index contributed by atoms with van der Waals surface area (Å²) in [6, 6.07) is 9.22. The lowest BCUT2D eigenvalue weighted by Crippen LogP contribution is -2.52. The number of nitrogens with one attached hydrogen (secondary N) is 1. The number of nitrogens with zero attached hydrogens (tertiary/aromatic N) is 4. The minimum absolute atomic E-state index is 0.302. The number of aryl methyl sites for hydroxylation is 3. The molecule has 1 N–H and O–H groups in total. The van der Waals surface area contributed by atoms with Crippen molar-refractivity contribution >= 4 is 28.6 Å². The summed E-state index contributed by atoms with van der Waals surface area (Å²) in [5.41, 5.74) is 3.42. The topological polar surface area (TPSA) is 83.7 Å². The standard InChI is InChI=1S/C26H35N5O3/c1-6-33-26(32)22-19(4)34-25-23(22)24(28-20(5)29-25)27-11-8-12-30-13-14-31(18(3)16-30)21-10-7-9-17(2)15-21/h7,9-10,15,18H,6,8,11-14,16H2,1-5H3,(H,27,28,29)/t18-/m1/s1. The Kier molecular flexibility index (Phi) is 7.36. The van der Waals surface area contributed by atoms with Crippen LogP contribution in [0.15, 0.2) is 28.7 Å². The van der Waals surface area contributed by atoms with Crippen LogP contribution in [0.1, 0.15) is 47.8 Å². The van der Waals surface area contributed by atoms with Crippen molar-refractivity contribution in [2.75, 3.05) is 49.5 Å². The second-order valence-corrected chi connectivity index (χ2v) is 9.02. The average molecular weight is 466 g/mol. The van der Waals surface area contributed by atoms with Crippen LogP contribution in [-0.2, 0) is 4.74 Å². The minimum atomic E-state index is -0.408. The molecule has 1 fully saturated rings. The van der Waals surface area contributed by atoms with E-state index in [0.717, 1.165) is 39.1 Å². The Morgan fingerprint density at radius 2 is 2.06 bits per heavy atom. The van der Waals surface area contributed by atoms with Gasteiger partial charge < -0.3 is 19.4 Å². The van der Waals surface area contributed by atoms with Gasteiger partial charge in [-0.15, -0.1) is 0 Å². The Morgan fingerprint density at radius 3 is 2.79 bits per heavy atom. The molecule has 0 amide bonds. The van der Waals surface area contributed by atoms with Gasteiger partial charge in [-0.3, -0.25) is 4.90 Å². The SMILES string of the molecule is CCOC(=O)c1c(C)oc2nc(C)nc(NCCCN3CCN(c4cccc(C)c4)[C@H](C)C3)c12. The third-order valence-corrected chi connectivity index (χ3v) is 6.31. The van der Waals surface area contributed by atoms with E-state index in [4.69, 9.17) is 9.15 Å². The zero-order valence-corrected chi connectivity index (χ0v) is 20.9. The van der Waals surface area contributed by atoms with E-state index in [-0.39, 0.29) is 0 Å². The molecule has 182 valence electrons. The summed E-state index contributed by atoms with van der Waals surface area (Å²) < 4.78 is 11.0. The van der Waals surface area contributed by atoms with Gasteiger partial charge in [-0.25, -0.2) is 9.78 Å². The summed E-state index contributed by atoms with van der Waals surface area (Å²) in [7, 11) is 0. The lowest BCUT2D eigenvalue weighted by atomic mass is 10.1. The predicted molar refractivity (Wildman–Crippen MR) is 135 cm³/mol. The van der Waals surface area contributed by atoms with Crippen LogP contribution in [0.2, 0.25) is 0 Å². The molecular formula is C26H35N5O3. The third-order valence-electron chi connectivity index (χ3n) is 6.31. The highest BCUT2D eigenvalue weighted by molar-refractivity contribution is 6.07. The molecule has 0 spiro atoms. The van der Waals surface area contributed by atoms with Gasteiger partial charge in [0, 0.05) is 37.9 Å². The molecule has 0 radical (unpaired) electrons. The van der Waals surface area contributed by atoms with Crippen molar-refractivity contribution in [3.8, 4) is 0 Å². The van der Waals surface area contributed by atoms with Gasteiger partial charge in [-0.1, -0.05) is 12.1 Å². The van der Waals surface area contributed by atoms with E-state index in [2.05, 4.69) is 63.2 Å². The molecule has 1 atom stereocenters. The zero-order chi connectivity index (χ0) is 24.2. The summed E-state index contributed by atoms with van der Waals surface area (Å²) >= 11 is 0. The number of carbonyl (C=O) groups is 1. The van der Waals surface area contributed by atoms with E-state index in [1.807, 2.05) is 6.92 Å². The highest BCUT2D eigenvalue weighted by atomic mass is 16.5. The first kappa shape index (κ1) is 24.0. The molecule has 0 aliphatic carbocycles. The maximum absolute atomic E-state index is 12.5. The molecule has 3 aromatic rings. The lowest BCUT2D eigenvalue weighted by Gasteiger charge is -2.41. The highest BCUT2D eigenvalue weighted by Crippen LogP contribution is 2.30. The first-order chi connectivity index (χ1) is 16.4. The number of esters is 1. The van der Waals surface area contributed by atoms with Crippen LogP contribution < -0.4 is 10.2 Å². The van der Waals surface area contributed by atoms with Crippen molar-refractivity contribution in [3.63, 3.8) is 0 Å². The number of carbonyl (C=O) groups excluding carboxylic acids is 1. The van der Waals surface area contributed by atoms with Gasteiger partial charge in [0.25, 0.3) is 0 Å². The van der Waals surface area contributed by atoms with Crippen molar-refractivity contribution < 1.29 is 13.9 Å². The largest absolute Gasteiger partial charge is 0.462 e. The van der Waals surface area contributed by atoms with E-state index >= 15 is 0 Å². The summed E-state index contributed by atoms with van der Waals surface area (Å²) in [6.07, 6.45) is 0.966. The van der Waals surface area contributed by atoms with E-state index in [1.165, 1.54) is 11.3 Å². The van der Waals surface area contributed by atoms with Crippen molar-refractivity contribution in [1.29, 1.82) is 0 Å². The molecule has 1 aliphatic rings. The van der Waals surface area contributed by atoms with E-state index in [9.17, 15) is 4.79 Å². The van der Waals surface area contributed by atoms with Crippen LogP contribution in [0.3, 0.4) is 0 Å². The number of hydrogen-bond acceptors (Lipinski definition) is 8. The summed E-state index contributed by atoms with van der Waals surface area (Å²) in [4.78, 5) is 26.5. The predicted octanol–water partition coefficient (Wildman–Crippen LogP) is 4.34. The fraction of sp³-hybridized carbons (Fsp3) is 0.500. The monoisotopic (exact) mass is 465 g/mol. The smallest absolute Gasteiger partial charge is 0.342 e. The molecule has 0 unspecified atom stereocenters. The molecule has 1 saturated heterocycles. The molecule has 8 nitrogen and oxygen atoms in total. The highest BCUT2D eigenvalue weighted by Gasteiger charge is 2.25. The molecule has 3 heterocycles. The number of aromatic nitrogens is 2. The first-order valence-electron chi connectivity index (χ1n) is 12.1. The van der Waals surface area contributed by atoms with Gasteiger partial charge in [0.15, 0.2) is 0 Å². The molecule has 1 aromatic carbocycles. The molecule has 0 bridgehead atoms. The zero-order valence-electron chi connectivity index (χ0n) is 20.9. The molecule has 0 saturated carbocycles. The van der Waals surface area contributed by atoms with Crippen molar-refractivity contribution in [2.24, 2.45) is 0 Å². The van der Waals surface area contributed by atoms with E-state index in [1.54, 1.807) is 13.8 Å². The molecule has 8 heteroatoms. The van der Waals surface area contributed by atoms with Crippen LogP contribution in [0.25, 0.3) is 11.1 Å². The average Bonchev–Trinajstić information content (AvgIpc) is 3.12. The fourth-order valence-electron chi connectivity index (χ4n) is 4.73. The number of hydrogen-bond donors (Lipinski definition) is 1. The van der Waals surface area contributed by atoms with Crippen molar-refractivity contribution in [3.05, 3.63) is 47.0 Å². The molecule has 1 aliphatic heterocycles. The maximum Gasteiger partial charge on any atom is 0.342 e. The Balaban J connectivity index is 1.36. The van der Waals surface area contributed by atoms with Crippen LogP contribution >= 0.6 is 0 Å². The van der Waals surface area contributed by atoms with Gasteiger partial charge in [0.1, 0.15) is 23.0 Å². The summed E-state index contributed by atoms with van der Waals surface area (Å²) in [5, 5.41) is 4.01. The van der Waals surface area contributed by atoms with Crippen LogP contribution in [0, 0.1) is 20.8 Å². The second kappa shape index (κ2) is 10.4. The number of ether oxygens (including phenoxy) is 1. The van der Waals surface area contributed by atoms with Crippen LogP contribution in [-0.4, -0.2) is 66.2 Å². The van der Waals surface area contributed by atoms with Crippen molar-refractivity contribution in [1.82, 2.24) is 14.9 Å². The fourth-order valence-corrected chi connectivity index (χ4v) is 4.73. The number of furan rings is 1. The number of piperazine rings is 1. The van der Waals surface area contributed by atoms with Gasteiger partial charge in [-0.05, 0) is 65.3 Å². The number of benzene rings is 1. The second-order valence-electron chi connectivity index (χ2n) is 9.02. The number of rotatable bonds is 8. The summed E-state index contributed by atoms with van der Waals surface area (Å²) in [6.45, 7) is 15.0. The summed E-state index contributed by atoms with van der Waals surface area (Å²) in [5.74, 6) is 1.31. The van der Waals surface area contributed by atoms with Crippen LogP contribution in [0.4, 0.5) is 11.5 Å². The van der Waals surface area contributed by atoms with E-state index < -0.39 is 5.97 Å². The number of fused-ring (bicyclic) bond motifs is 1. The van der Waals surface area contributed by atoms with Gasteiger partial charge in [0.05, 0.1) is 12.0 Å². The molecule has 34 heavy (non-hydrogen) atoms. The maximum atomic E-state index is 12.5. The first-order valence-corrected chi connectivity index (χ1v) is 12.1. The normalized spacial score (nSPS) is 16.7. The van der Waals surface area contributed by atoms with Gasteiger partial charge in [0.2, 0.25) is 5.71 Å². The van der Waals surface area contributed by atoms with Gasteiger partial charge >= 0.3 is 5.97 Å². The van der Waals surface area contributed by atoms with Crippen LogP contribution in [0.5, 0.6) is 0 Å². The quantitative estimate of drug-likeness (QED) is 0.389. The molecule has 4 rings (SSSR count). The Hall–Kier alpha value is -3.13. The lowest BCUT2D eigenvalue weighted by molar-refractivity contribution is 0.0526. The third kappa shape index (κ3) is 5.17. The Morgan fingerprint density at radius 1 is 1.24 bits per heavy atom.